The number of hydrogen-bond acceptors (Lipinski definition) is 7. The number of nitro groups is 2. The van der Waals surface area contributed by atoms with Crippen LogP contribution in [0.2, 0.25) is 0 Å². The Morgan fingerprint density at radius 1 is 0.857 bits per heavy atom. The van der Waals surface area contributed by atoms with Gasteiger partial charge in [-0.1, -0.05) is 0 Å². The second-order valence-electron chi connectivity index (χ2n) is 4.04. The number of hydrogen-bond donors (Lipinski definition) is 2. The van der Waals surface area contributed by atoms with E-state index in [0.29, 0.717) is 5.69 Å². The van der Waals surface area contributed by atoms with Gasteiger partial charge in [-0.2, -0.15) is 0 Å². The van der Waals surface area contributed by atoms with E-state index in [-0.39, 0.29) is 17.2 Å². The molecule has 0 atom stereocenters. The van der Waals surface area contributed by atoms with E-state index in [0.717, 1.165) is 0 Å². The molecule has 0 bridgehead atoms. The van der Waals surface area contributed by atoms with Gasteiger partial charge in [0, 0.05) is 5.69 Å². The van der Waals surface area contributed by atoms with Crippen molar-refractivity contribution in [2.24, 2.45) is 0 Å². The van der Waals surface area contributed by atoms with Gasteiger partial charge in [0.2, 0.25) is 5.75 Å². The normalized spacial score (nSPS) is 10.1. The maximum absolute atomic E-state index is 11.1. The summed E-state index contributed by atoms with van der Waals surface area (Å²) in [5.41, 5.74) is 9.52. The van der Waals surface area contributed by atoms with Gasteiger partial charge >= 0.3 is 11.4 Å². The third-order valence-electron chi connectivity index (χ3n) is 2.62. The summed E-state index contributed by atoms with van der Waals surface area (Å²) in [6.45, 7) is 0. The molecule has 0 saturated heterocycles. The minimum Gasteiger partial charge on any atom is -0.450 e. The average molecular weight is 290 g/mol. The van der Waals surface area contributed by atoms with Crippen molar-refractivity contribution in [3.63, 3.8) is 0 Å². The molecule has 0 aromatic heterocycles. The van der Waals surface area contributed by atoms with Gasteiger partial charge in [0.25, 0.3) is 0 Å². The number of nitro benzene ring substituents is 2. The molecule has 0 heterocycles. The largest absolute Gasteiger partial charge is 0.450 e. The van der Waals surface area contributed by atoms with Crippen LogP contribution >= 0.6 is 0 Å². The monoisotopic (exact) mass is 290 g/mol. The van der Waals surface area contributed by atoms with Crippen molar-refractivity contribution < 1.29 is 14.6 Å². The minimum atomic E-state index is -0.913. The Bertz CT molecular complexity index is 714. The predicted molar refractivity (Wildman–Crippen MR) is 75.1 cm³/mol. The van der Waals surface area contributed by atoms with Crippen molar-refractivity contribution in [2.45, 2.75) is 0 Å². The molecule has 0 fully saturated rings. The molecule has 0 radical (unpaired) electrons. The van der Waals surface area contributed by atoms with Crippen LogP contribution in [-0.4, -0.2) is 9.85 Å². The van der Waals surface area contributed by atoms with Gasteiger partial charge in [-0.05, 0) is 36.4 Å². The summed E-state index contributed by atoms with van der Waals surface area (Å²) in [6, 6.07) is 8.43. The Labute approximate surface area is 118 Å². The fourth-order valence-corrected chi connectivity index (χ4v) is 1.69. The molecule has 9 nitrogen and oxygen atoms in total. The van der Waals surface area contributed by atoms with Crippen LogP contribution in [0.4, 0.5) is 22.7 Å². The number of anilines is 2. The summed E-state index contributed by atoms with van der Waals surface area (Å²) >= 11 is 0. The summed E-state index contributed by atoms with van der Waals surface area (Å²) in [5, 5.41) is 22.0. The molecule has 0 saturated carbocycles. The lowest BCUT2D eigenvalue weighted by atomic mass is 10.2. The third kappa shape index (κ3) is 2.81. The average Bonchev–Trinajstić information content (AvgIpc) is 2.42. The Hall–Kier alpha value is -3.36. The molecule has 108 valence electrons. The van der Waals surface area contributed by atoms with Gasteiger partial charge in [-0.25, -0.2) is 0 Å². The highest BCUT2D eigenvalue weighted by Crippen LogP contribution is 2.42. The van der Waals surface area contributed by atoms with E-state index in [1.165, 1.54) is 36.4 Å². The lowest BCUT2D eigenvalue weighted by Crippen LogP contribution is -2.03. The van der Waals surface area contributed by atoms with Crippen LogP contribution in [0.15, 0.2) is 36.4 Å². The number of nitrogens with zero attached hydrogens (tertiary/aromatic N) is 2. The van der Waals surface area contributed by atoms with Gasteiger partial charge in [0.05, 0.1) is 9.85 Å². The van der Waals surface area contributed by atoms with Crippen LogP contribution < -0.4 is 16.2 Å². The second kappa shape index (κ2) is 5.33. The van der Waals surface area contributed by atoms with Crippen LogP contribution in [-0.2, 0) is 0 Å². The molecule has 0 amide bonds. The quantitative estimate of drug-likeness (QED) is 0.499. The van der Waals surface area contributed by atoms with E-state index in [9.17, 15) is 20.2 Å². The number of benzene rings is 2. The minimum absolute atomic E-state index is 0.256. The first kappa shape index (κ1) is 14.1. The fraction of sp³-hybridized carbons (Fsp3) is 0. The number of ether oxygens (including phenoxy) is 1. The molecule has 2 rings (SSSR count). The van der Waals surface area contributed by atoms with Crippen molar-refractivity contribution in [3.05, 3.63) is 56.6 Å². The predicted octanol–water partition coefficient (Wildman–Crippen LogP) is 2.46. The van der Waals surface area contributed by atoms with Crippen LogP contribution in [0.5, 0.6) is 11.5 Å². The summed E-state index contributed by atoms with van der Waals surface area (Å²) in [7, 11) is 0. The lowest BCUT2D eigenvalue weighted by molar-refractivity contribution is -0.422. The van der Waals surface area contributed by atoms with Crippen LogP contribution in [0, 0.1) is 20.2 Å². The zero-order valence-electron chi connectivity index (χ0n) is 10.6. The molecule has 0 aliphatic carbocycles. The van der Waals surface area contributed by atoms with Crippen molar-refractivity contribution >= 4 is 22.7 Å². The van der Waals surface area contributed by atoms with Gasteiger partial charge in [0.15, 0.2) is 0 Å². The first-order valence-electron chi connectivity index (χ1n) is 5.65. The molecule has 2 aromatic carbocycles. The first-order valence-corrected chi connectivity index (χ1v) is 5.65. The SMILES string of the molecule is Nc1ccc(Oc2ccc(N)c([N+](=O)[O-])c2[N+](=O)[O-])cc1. The molecule has 0 unspecified atom stereocenters. The first-order chi connectivity index (χ1) is 9.90. The summed E-state index contributed by atoms with van der Waals surface area (Å²) in [6.07, 6.45) is 0. The maximum atomic E-state index is 11.1. The maximum Gasteiger partial charge on any atom is 0.390 e. The smallest absolute Gasteiger partial charge is 0.390 e. The molecule has 0 aliphatic rings. The molecule has 21 heavy (non-hydrogen) atoms. The highest BCUT2D eigenvalue weighted by atomic mass is 16.6. The topological polar surface area (TPSA) is 148 Å². The molecule has 2 aromatic rings. The highest BCUT2D eigenvalue weighted by molar-refractivity contribution is 5.75. The van der Waals surface area contributed by atoms with Crippen LogP contribution in [0.1, 0.15) is 0 Å². The van der Waals surface area contributed by atoms with E-state index in [1.54, 1.807) is 0 Å². The lowest BCUT2D eigenvalue weighted by Gasteiger charge is -2.07. The van der Waals surface area contributed by atoms with Gasteiger partial charge in [-0.15, -0.1) is 0 Å². The zero-order chi connectivity index (χ0) is 15.6. The Morgan fingerprint density at radius 3 is 1.95 bits per heavy atom. The third-order valence-corrected chi connectivity index (χ3v) is 2.62. The number of rotatable bonds is 4. The zero-order valence-corrected chi connectivity index (χ0v) is 10.6. The molecular weight excluding hydrogens is 280 g/mol. The van der Waals surface area contributed by atoms with Crippen LogP contribution in [0.25, 0.3) is 0 Å². The highest BCUT2D eigenvalue weighted by Gasteiger charge is 2.33. The summed E-state index contributed by atoms with van der Waals surface area (Å²) < 4.78 is 5.31. The molecule has 0 spiro atoms. The standard InChI is InChI=1S/C12H10N4O5/c13-7-1-3-8(4-2-7)21-10-6-5-9(14)11(15(17)18)12(10)16(19)20/h1-6H,13-14H2. The van der Waals surface area contributed by atoms with E-state index in [4.69, 9.17) is 16.2 Å². The number of nitrogen functional groups attached to an aromatic ring is 2. The van der Waals surface area contributed by atoms with Crippen molar-refractivity contribution in [1.29, 1.82) is 0 Å². The summed E-state index contributed by atoms with van der Waals surface area (Å²) in [4.78, 5) is 20.2. The molecule has 4 N–H and O–H groups in total. The Kier molecular flexibility index (Phi) is 3.57. The number of nitrogens with two attached hydrogens (primary N) is 2. The van der Waals surface area contributed by atoms with Gasteiger partial charge < -0.3 is 16.2 Å². The van der Waals surface area contributed by atoms with Gasteiger partial charge in [0.1, 0.15) is 11.4 Å². The van der Waals surface area contributed by atoms with Crippen molar-refractivity contribution in [1.82, 2.24) is 0 Å². The molecular formula is C12H10N4O5. The van der Waals surface area contributed by atoms with Gasteiger partial charge in [-0.3, -0.25) is 20.2 Å². The molecule has 0 aliphatic heterocycles. The Morgan fingerprint density at radius 2 is 1.43 bits per heavy atom. The molecule has 9 heteroatoms. The van der Waals surface area contributed by atoms with E-state index in [2.05, 4.69) is 0 Å². The second-order valence-corrected chi connectivity index (χ2v) is 4.04. The van der Waals surface area contributed by atoms with E-state index >= 15 is 0 Å². The summed E-state index contributed by atoms with van der Waals surface area (Å²) in [5.74, 6) is -0.0166. The van der Waals surface area contributed by atoms with E-state index in [1.807, 2.05) is 0 Å². The fourth-order valence-electron chi connectivity index (χ4n) is 1.69. The van der Waals surface area contributed by atoms with Crippen molar-refractivity contribution in [3.8, 4) is 11.5 Å². The Balaban J connectivity index is 2.53. The van der Waals surface area contributed by atoms with E-state index < -0.39 is 21.2 Å². The van der Waals surface area contributed by atoms with Crippen molar-refractivity contribution in [2.75, 3.05) is 11.5 Å². The van der Waals surface area contributed by atoms with Crippen LogP contribution in [0.3, 0.4) is 0 Å².